The molecule has 0 fully saturated rings. The van der Waals surface area contributed by atoms with Gasteiger partial charge in [-0.3, -0.25) is 4.79 Å². The van der Waals surface area contributed by atoms with Gasteiger partial charge in [-0.1, -0.05) is 66.4 Å². The molecule has 28 heavy (non-hydrogen) atoms. The van der Waals surface area contributed by atoms with Gasteiger partial charge in [-0.15, -0.1) is 0 Å². The molecule has 0 bridgehead atoms. The van der Waals surface area contributed by atoms with Gasteiger partial charge in [-0.2, -0.15) is 0 Å². The number of fused-ring (bicyclic) bond motifs is 1. The fraction of sp³-hybridized carbons (Fsp3) is 0.0952. The first-order valence-electron chi connectivity index (χ1n) is 8.77. The Morgan fingerprint density at radius 3 is 2.64 bits per heavy atom. The lowest BCUT2D eigenvalue weighted by molar-refractivity contribution is -0.705. The number of amides is 1. The fourth-order valence-electron chi connectivity index (χ4n) is 2.88. The highest BCUT2D eigenvalue weighted by atomic mass is 32.2. The van der Waals surface area contributed by atoms with E-state index in [0.29, 0.717) is 10.8 Å². The van der Waals surface area contributed by atoms with Crippen LogP contribution >= 0.6 is 11.8 Å². The Balaban J connectivity index is 1.41. The zero-order valence-electron chi connectivity index (χ0n) is 14.9. The molecule has 1 N–H and O–H groups in total. The Morgan fingerprint density at radius 1 is 1.04 bits per heavy atom. The maximum atomic E-state index is 12.4. The summed E-state index contributed by atoms with van der Waals surface area (Å²) in [4.78, 5) is 12.4. The van der Waals surface area contributed by atoms with Gasteiger partial charge in [0, 0.05) is 35.4 Å². The molecule has 0 aliphatic carbocycles. The van der Waals surface area contributed by atoms with Crippen molar-refractivity contribution in [1.82, 2.24) is 5.27 Å². The second kappa shape index (κ2) is 8.14. The van der Waals surface area contributed by atoms with E-state index in [9.17, 15) is 9.90 Å². The normalized spacial score (nSPS) is 10.9. The summed E-state index contributed by atoms with van der Waals surface area (Å²) in [6.45, 7) is 0. The summed E-state index contributed by atoms with van der Waals surface area (Å²) in [6, 6.07) is 22.9. The van der Waals surface area contributed by atoms with E-state index in [2.05, 4.69) is 10.6 Å². The lowest BCUT2D eigenvalue weighted by Crippen LogP contribution is -2.34. The van der Waals surface area contributed by atoms with Gasteiger partial charge in [0.15, 0.2) is 5.95 Å². The first kappa shape index (κ1) is 18.1. The van der Waals surface area contributed by atoms with Crippen LogP contribution in [0.4, 0.5) is 5.69 Å². The molecule has 0 radical (unpaired) electrons. The first-order valence-corrected chi connectivity index (χ1v) is 9.76. The SMILES string of the molecule is O=C(CCSc1c([O-])on[n+]1-c1ccccc1)Nc1cccc2ccccc12. The fourth-order valence-corrected chi connectivity index (χ4v) is 3.78. The van der Waals surface area contributed by atoms with Crippen LogP contribution in [0.2, 0.25) is 0 Å². The van der Waals surface area contributed by atoms with Crippen molar-refractivity contribution in [3.05, 3.63) is 72.8 Å². The minimum Gasteiger partial charge on any atom is -0.538 e. The quantitative estimate of drug-likeness (QED) is 0.403. The van der Waals surface area contributed by atoms with Gasteiger partial charge >= 0.3 is 0 Å². The molecule has 140 valence electrons. The Hall–Kier alpha value is -3.32. The van der Waals surface area contributed by atoms with Crippen LogP contribution in [0.5, 0.6) is 5.95 Å². The van der Waals surface area contributed by atoms with E-state index in [4.69, 9.17) is 4.52 Å². The van der Waals surface area contributed by atoms with Gasteiger partial charge in [-0.25, -0.2) is 0 Å². The minimum atomic E-state index is -0.511. The van der Waals surface area contributed by atoms with Crippen LogP contribution < -0.4 is 15.1 Å². The molecular formula is C21H17N3O3S. The van der Waals surface area contributed by atoms with E-state index < -0.39 is 5.95 Å². The molecule has 4 rings (SSSR count). The van der Waals surface area contributed by atoms with Crippen molar-refractivity contribution < 1.29 is 19.1 Å². The van der Waals surface area contributed by atoms with Crippen molar-refractivity contribution >= 4 is 34.1 Å². The molecule has 0 aliphatic rings. The molecule has 0 unspecified atom stereocenters. The Morgan fingerprint density at radius 2 is 1.79 bits per heavy atom. The maximum absolute atomic E-state index is 12.4. The van der Waals surface area contributed by atoms with Crippen molar-refractivity contribution in [2.24, 2.45) is 0 Å². The Bertz CT molecular complexity index is 1110. The standard InChI is InChI=1S/C21H17N3O3S/c25-19(22-18-12-6-8-15-7-4-5-11-17(15)18)13-14-28-20-21(26)27-23-24(20)16-9-2-1-3-10-16/h1-12H,13-14H2,(H-,22,23,25,26). The highest BCUT2D eigenvalue weighted by Crippen LogP contribution is 2.25. The summed E-state index contributed by atoms with van der Waals surface area (Å²) in [5, 5.41) is 21.1. The second-order valence-electron chi connectivity index (χ2n) is 6.09. The molecule has 1 heterocycles. The van der Waals surface area contributed by atoms with Gasteiger partial charge in [-0.05, 0) is 16.1 Å². The number of hydrogen-bond acceptors (Lipinski definition) is 5. The molecular weight excluding hydrogens is 374 g/mol. The third kappa shape index (κ3) is 3.84. The first-order chi connectivity index (χ1) is 13.7. The summed E-state index contributed by atoms with van der Waals surface area (Å²) >= 11 is 1.25. The number of anilines is 1. The molecule has 3 aromatic carbocycles. The Kier molecular flexibility index (Phi) is 5.25. The van der Waals surface area contributed by atoms with Crippen molar-refractivity contribution in [2.45, 2.75) is 11.4 Å². The number of hydrogen-bond donors (Lipinski definition) is 1. The molecule has 1 amide bonds. The zero-order valence-corrected chi connectivity index (χ0v) is 15.7. The van der Waals surface area contributed by atoms with Crippen molar-refractivity contribution in [1.29, 1.82) is 0 Å². The van der Waals surface area contributed by atoms with Crippen LogP contribution in [0.3, 0.4) is 0 Å². The summed E-state index contributed by atoms with van der Waals surface area (Å²) < 4.78 is 6.24. The summed E-state index contributed by atoms with van der Waals surface area (Å²) in [6.07, 6.45) is 0.257. The largest absolute Gasteiger partial charge is 0.538 e. The molecule has 0 aliphatic heterocycles. The van der Waals surface area contributed by atoms with E-state index in [1.807, 2.05) is 72.8 Å². The summed E-state index contributed by atoms with van der Waals surface area (Å²) in [7, 11) is 0. The van der Waals surface area contributed by atoms with Crippen molar-refractivity contribution in [3.8, 4) is 11.6 Å². The lowest BCUT2D eigenvalue weighted by Gasteiger charge is -2.08. The van der Waals surface area contributed by atoms with Crippen LogP contribution in [0.25, 0.3) is 16.5 Å². The molecule has 0 atom stereocenters. The molecule has 0 saturated carbocycles. The molecule has 0 saturated heterocycles. The molecule has 0 spiro atoms. The van der Waals surface area contributed by atoms with Crippen molar-refractivity contribution in [3.63, 3.8) is 0 Å². The smallest absolute Gasteiger partial charge is 0.297 e. The maximum Gasteiger partial charge on any atom is 0.297 e. The van der Waals surface area contributed by atoms with E-state index in [0.717, 1.165) is 22.1 Å². The summed E-state index contributed by atoms with van der Waals surface area (Å²) in [5.74, 6) is -0.192. The molecule has 7 heteroatoms. The third-order valence-electron chi connectivity index (χ3n) is 4.20. The van der Waals surface area contributed by atoms with Crippen LogP contribution in [-0.2, 0) is 4.79 Å². The monoisotopic (exact) mass is 391 g/mol. The van der Waals surface area contributed by atoms with E-state index >= 15 is 0 Å². The highest BCUT2D eigenvalue weighted by Gasteiger charge is 2.21. The predicted octanol–water partition coefficient (Wildman–Crippen LogP) is 3.30. The molecule has 6 nitrogen and oxygen atoms in total. The zero-order chi connectivity index (χ0) is 19.3. The lowest BCUT2D eigenvalue weighted by atomic mass is 10.1. The number of nitrogens with zero attached hydrogens (tertiary/aromatic N) is 2. The number of benzene rings is 3. The highest BCUT2D eigenvalue weighted by molar-refractivity contribution is 7.99. The number of nitrogens with one attached hydrogen (secondary N) is 1. The Labute approximate surface area is 165 Å². The third-order valence-corrected chi connectivity index (χ3v) is 5.23. The van der Waals surface area contributed by atoms with Gasteiger partial charge in [0.2, 0.25) is 11.6 Å². The van der Waals surface area contributed by atoms with E-state index in [1.165, 1.54) is 16.4 Å². The summed E-state index contributed by atoms with van der Waals surface area (Å²) in [5.41, 5.74) is 1.51. The van der Waals surface area contributed by atoms with Gasteiger partial charge in [0.05, 0.1) is 5.27 Å². The number of carbonyl (C=O) groups is 1. The number of rotatable bonds is 6. The van der Waals surface area contributed by atoms with Crippen LogP contribution in [0, 0.1) is 0 Å². The van der Waals surface area contributed by atoms with Crippen LogP contribution in [0.15, 0.2) is 82.3 Å². The number of thioether (sulfide) groups is 1. The van der Waals surface area contributed by atoms with E-state index in [-0.39, 0.29) is 12.3 Å². The van der Waals surface area contributed by atoms with Crippen LogP contribution in [0.1, 0.15) is 6.42 Å². The van der Waals surface area contributed by atoms with Gasteiger partial charge < -0.3 is 14.9 Å². The predicted molar refractivity (Wildman–Crippen MR) is 105 cm³/mol. The number of para-hydroxylation sites is 1. The topological polar surface area (TPSA) is 82.1 Å². The number of aromatic nitrogens is 2. The average molecular weight is 391 g/mol. The molecule has 4 aromatic rings. The average Bonchev–Trinajstić information content (AvgIpc) is 3.09. The van der Waals surface area contributed by atoms with Gasteiger partial charge in [0.25, 0.3) is 5.03 Å². The number of carbonyl (C=O) groups excluding carboxylic acids is 1. The van der Waals surface area contributed by atoms with E-state index in [1.54, 1.807) is 0 Å². The second-order valence-corrected chi connectivity index (χ2v) is 7.17. The van der Waals surface area contributed by atoms with Crippen molar-refractivity contribution in [2.75, 3.05) is 11.1 Å². The van der Waals surface area contributed by atoms with Gasteiger partial charge in [0.1, 0.15) is 0 Å². The van der Waals surface area contributed by atoms with Crippen LogP contribution in [-0.4, -0.2) is 16.9 Å². The minimum absolute atomic E-state index is 0.112. The molecule has 1 aromatic heterocycles.